The summed E-state index contributed by atoms with van der Waals surface area (Å²) in [4.78, 5) is 0.146. The van der Waals surface area contributed by atoms with Crippen LogP contribution < -0.4 is 0 Å². The van der Waals surface area contributed by atoms with E-state index >= 15 is 0 Å². The molecule has 0 saturated carbocycles. The Morgan fingerprint density at radius 3 is 2.33 bits per heavy atom. The molecule has 3 nitrogen and oxygen atoms in total. The molecule has 2 aromatic carbocycles. The molecule has 0 fully saturated rings. The van der Waals surface area contributed by atoms with Crippen LogP contribution in [0.25, 0.3) is 11.1 Å². The molecule has 0 saturated heterocycles. The summed E-state index contributed by atoms with van der Waals surface area (Å²) in [5, 5.41) is 8.64. The molecule has 1 atom stereocenters. The first kappa shape index (κ1) is 12.4. The third kappa shape index (κ3) is 2.45. The molecule has 1 unspecified atom stereocenters. The van der Waals surface area contributed by atoms with Crippen molar-refractivity contribution in [3.63, 3.8) is 0 Å². The normalized spacial score (nSPS) is 11.8. The number of hydrogen-bond acceptors (Lipinski definition) is 3. The van der Waals surface area contributed by atoms with Gasteiger partial charge in [0.25, 0.3) is 0 Å². The summed E-state index contributed by atoms with van der Waals surface area (Å²) in [6, 6.07) is 11.9. The van der Waals surface area contributed by atoms with Gasteiger partial charge in [-0.1, -0.05) is 18.2 Å². The minimum absolute atomic E-state index is 0.146. The molecule has 0 amide bonds. The first-order chi connectivity index (χ1) is 8.61. The van der Waals surface area contributed by atoms with Gasteiger partial charge in [0.05, 0.1) is 11.6 Å². The van der Waals surface area contributed by atoms with E-state index in [1.165, 1.54) is 36.4 Å². The van der Waals surface area contributed by atoms with E-state index in [9.17, 15) is 13.2 Å². The Hall–Kier alpha value is -2.03. The summed E-state index contributed by atoms with van der Waals surface area (Å²) in [6.45, 7) is 0. The van der Waals surface area contributed by atoms with E-state index in [2.05, 4.69) is 0 Å². The maximum atomic E-state index is 13.7. The fourth-order valence-corrected chi connectivity index (χ4v) is 1.92. The van der Waals surface area contributed by atoms with Crippen molar-refractivity contribution in [2.45, 2.75) is 4.90 Å². The van der Waals surface area contributed by atoms with Gasteiger partial charge in [0, 0.05) is 10.5 Å². The van der Waals surface area contributed by atoms with Gasteiger partial charge in [0.1, 0.15) is 5.82 Å². The van der Waals surface area contributed by atoms with E-state index < -0.39 is 16.9 Å². The molecule has 0 bridgehead atoms. The van der Waals surface area contributed by atoms with Crippen molar-refractivity contribution in [3.8, 4) is 17.2 Å². The van der Waals surface area contributed by atoms with E-state index in [-0.39, 0.29) is 10.5 Å². The summed E-state index contributed by atoms with van der Waals surface area (Å²) >= 11 is -2.29. The highest BCUT2D eigenvalue weighted by Gasteiger charge is 2.06. The molecule has 90 valence electrons. The SMILES string of the molecule is N#Cc1ccc(-c2ccc(S(=O)[O-])cc2)c(F)c1. The van der Waals surface area contributed by atoms with Crippen molar-refractivity contribution >= 4 is 11.1 Å². The number of nitrogens with zero attached hydrogens (tertiary/aromatic N) is 1. The van der Waals surface area contributed by atoms with E-state index in [1.54, 1.807) is 0 Å². The number of benzene rings is 2. The number of rotatable bonds is 2. The molecule has 0 N–H and O–H groups in total. The zero-order chi connectivity index (χ0) is 13.1. The van der Waals surface area contributed by atoms with E-state index in [0.717, 1.165) is 6.07 Å². The van der Waals surface area contributed by atoms with Gasteiger partial charge in [-0.25, -0.2) is 4.39 Å². The molecule has 0 aromatic heterocycles. The van der Waals surface area contributed by atoms with E-state index in [0.29, 0.717) is 11.1 Å². The smallest absolute Gasteiger partial charge is 0.132 e. The fraction of sp³-hybridized carbons (Fsp3) is 0. The highest BCUT2D eigenvalue weighted by atomic mass is 32.2. The van der Waals surface area contributed by atoms with E-state index in [4.69, 9.17) is 5.26 Å². The lowest BCUT2D eigenvalue weighted by Gasteiger charge is -2.07. The molecular formula is C13H7FNO2S-. The second kappa shape index (κ2) is 5.08. The first-order valence-electron chi connectivity index (χ1n) is 5.01. The van der Waals surface area contributed by atoms with Crippen molar-refractivity contribution in [1.29, 1.82) is 5.26 Å². The minimum Gasteiger partial charge on any atom is -0.768 e. The Bertz CT molecular complexity index is 647. The van der Waals surface area contributed by atoms with Crippen LogP contribution in [0.5, 0.6) is 0 Å². The summed E-state index contributed by atoms with van der Waals surface area (Å²) < 4.78 is 35.1. The second-order valence-corrected chi connectivity index (χ2v) is 4.51. The van der Waals surface area contributed by atoms with Crippen molar-refractivity contribution in [3.05, 3.63) is 53.8 Å². The molecule has 0 radical (unpaired) electrons. The zero-order valence-corrected chi connectivity index (χ0v) is 9.91. The van der Waals surface area contributed by atoms with Crippen molar-refractivity contribution in [2.24, 2.45) is 0 Å². The van der Waals surface area contributed by atoms with Crippen LogP contribution in [0.3, 0.4) is 0 Å². The maximum absolute atomic E-state index is 13.7. The van der Waals surface area contributed by atoms with Crippen LogP contribution in [0.15, 0.2) is 47.4 Å². The van der Waals surface area contributed by atoms with Crippen LogP contribution in [0.2, 0.25) is 0 Å². The summed E-state index contributed by atoms with van der Waals surface area (Å²) in [5.41, 5.74) is 1.14. The van der Waals surface area contributed by atoms with Crippen LogP contribution in [-0.4, -0.2) is 8.76 Å². The monoisotopic (exact) mass is 260 g/mol. The Kier molecular flexibility index (Phi) is 3.51. The Labute approximate surface area is 106 Å². The molecule has 18 heavy (non-hydrogen) atoms. The Morgan fingerprint density at radius 1 is 1.17 bits per heavy atom. The van der Waals surface area contributed by atoms with Crippen molar-refractivity contribution < 1.29 is 13.2 Å². The van der Waals surface area contributed by atoms with Gasteiger partial charge in [0.15, 0.2) is 0 Å². The molecular weight excluding hydrogens is 253 g/mol. The molecule has 0 aliphatic carbocycles. The van der Waals surface area contributed by atoms with Gasteiger partial charge in [0.2, 0.25) is 0 Å². The van der Waals surface area contributed by atoms with Gasteiger partial charge in [-0.15, -0.1) is 0 Å². The maximum Gasteiger partial charge on any atom is 0.132 e. The average Bonchev–Trinajstić information content (AvgIpc) is 2.38. The molecule has 0 aliphatic heterocycles. The quantitative estimate of drug-likeness (QED) is 0.779. The minimum atomic E-state index is -2.29. The number of nitriles is 1. The summed E-state index contributed by atoms with van der Waals surface area (Å²) in [5.74, 6) is -0.509. The topological polar surface area (TPSA) is 63.9 Å². The Morgan fingerprint density at radius 2 is 1.83 bits per heavy atom. The van der Waals surface area contributed by atoms with Gasteiger partial charge in [-0.05, 0) is 40.9 Å². The van der Waals surface area contributed by atoms with Crippen LogP contribution >= 0.6 is 0 Å². The second-order valence-electron chi connectivity index (χ2n) is 3.57. The van der Waals surface area contributed by atoms with Crippen LogP contribution in [0.1, 0.15) is 5.56 Å². The predicted octanol–water partition coefficient (Wildman–Crippen LogP) is 2.60. The molecule has 5 heteroatoms. The van der Waals surface area contributed by atoms with Crippen LogP contribution in [0, 0.1) is 17.1 Å². The molecule has 2 aromatic rings. The lowest BCUT2D eigenvalue weighted by Crippen LogP contribution is -1.90. The van der Waals surface area contributed by atoms with Crippen molar-refractivity contribution in [1.82, 2.24) is 0 Å². The van der Waals surface area contributed by atoms with Gasteiger partial charge >= 0.3 is 0 Å². The standard InChI is InChI=1S/C13H8FNO2S/c14-13-7-9(8-15)1-6-12(13)10-2-4-11(5-3-10)18(16)17/h1-7H,(H,16,17)/p-1. The highest BCUT2D eigenvalue weighted by molar-refractivity contribution is 7.79. The highest BCUT2D eigenvalue weighted by Crippen LogP contribution is 2.24. The van der Waals surface area contributed by atoms with E-state index in [1.807, 2.05) is 6.07 Å². The zero-order valence-electron chi connectivity index (χ0n) is 9.09. The Balaban J connectivity index is 2.43. The lowest BCUT2D eigenvalue weighted by atomic mass is 10.0. The van der Waals surface area contributed by atoms with Gasteiger partial charge < -0.3 is 4.55 Å². The number of hydrogen-bond donors (Lipinski definition) is 0. The summed E-state index contributed by atoms with van der Waals surface area (Å²) in [7, 11) is 0. The third-order valence-electron chi connectivity index (χ3n) is 2.46. The van der Waals surface area contributed by atoms with Crippen LogP contribution in [0.4, 0.5) is 4.39 Å². The van der Waals surface area contributed by atoms with Gasteiger partial charge in [-0.2, -0.15) is 5.26 Å². The molecule has 0 aliphatic rings. The largest absolute Gasteiger partial charge is 0.768 e. The van der Waals surface area contributed by atoms with Gasteiger partial charge in [-0.3, -0.25) is 4.21 Å². The fourth-order valence-electron chi connectivity index (χ4n) is 1.56. The third-order valence-corrected chi connectivity index (χ3v) is 3.11. The number of halogens is 1. The first-order valence-corrected chi connectivity index (χ1v) is 6.08. The van der Waals surface area contributed by atoms with Crippen LogP contribution in [-0.2, 0) is 11.1 Å². The lowest BCUT2D eigenvalue weighted by molar-refractivity contribution is 0.537. The van der Waals surface area contributed by atoms with Crippen molar-refractivity contribution in [2.75, 3.05) is 0 Å². The summed E-state index contributed by atoms with van der Waals surface area (Å²) in [6.07, 6.45) is 0. The molecule has 2 rings (SSSR count). The molecule has 0 heterocycles. The average molecular weight is 260 g/mol. The predicted molar refractivity (Wildman–Crippen MR) is 63.7 cm³/mol. The molecule has 0 spiro atoms.